The van der Waals surface area contributed by atoms with E-state index in [1.54, 1.807) is 36.4 Å². The topological polar surface area (TPSA) is 150 Å². The molecular formula is C24H27N3O7S. The molecule has 35 heavy (non-hydrogen) atoms. The summed E-state index contributed by atoms with van der Waals surface area (Å²) < 4.78 is 26.7. The molecule has 1 heterocycles. The maximum atomic E-state index is 12.6. The van der Waals surface area contributed by atoms with Crippen LogP contribution >= 0.6 is 0 Å². The van der Waals surface area contributed by atoms with E-state index in [4.69, 9.17) is 5.11 Å². The van der Waals surface area contributed by atoms with Crippen molar-refractivity contribution in [3.05, 3.63) is 71.3 Å². The predicted octanol–water partition coefficient (Wildman–Crippen LogP) is 0.376. The van der Waals surface area contributed by atoms with Gasteiger partial charge in [-0.15, -0.1) is 0 Å². The number of carbonyl (C=O) groups is 4. The van der Waals surface area contributed by atoms with E-state index < -0.39 is 46.7 Å². The quantitative estimate of drug-likeness (QED) is 0.380. The number of Topliss-reactive ketones (excluding diaryl/α,β-unsaturated/α-hetero) is 1. The molecule has 186 valence electrons. The van der Waals surface area contributed by atoms with Gasteiger partial charge in [-0.05, 0) is 30.0 Å². The van der Waals surface area contributed by atoms with Crippen LogP contribution in [0.4, 0.5) is 0 Å². The standard InChI is InChI=1S/C24H27N3O7S/c28-21(15-25-35(33,34)13-11-17-6-2-1-3-7-17)20(14-23(30)31)26-22(29)16-27-12-10-18-8-4-5-9-19(18)24(27)32/h1-9,20,25H,10-16H2,(H,26,29)(H,30,31). The largest absolute Gasteiger partial charge is 0.481 e. The summed E-state index contributed by atoms with van der Waals surface area (Å²) in [6.45, 7) is -0.702. The van der Waals surface area contributed by atoms with Crippen LogP contribution in [0.25, 0.3) is 0 Å². The molecule has 2 amide bonds. The fourth-order valence-electron chi connectivity index (χ4n) is 3.73. The molecule has 0 aromatic heterocycles. The molecule has 1 aliphatic rings. The molecule has 11 heteroatoms. The second-order valence-corrected chi connectivity index (χ2v) is 10.1. The number of aliphatic carboxylic acids is 1. The van der Waals surface area contributed by atoms with Gasteiger partial charge in [0.05, 0.1) is 31.3 Å². The molecule has 0 spiro atoms. The van der Waals surface area contributed by atoms with Crippen molar-refractivity contribution < 1.29 is 32.7 Å². The van der Waals surface area contributed by atoms with E-state index in [-0.39, 0.29) is 24.6 Å². The number of amides is 2. The van der Waals surface area contributed by atoms with E-state index in [2.05, 4.69) is 10.0 Å². The number of rotatable bonds is 12. The second-order valence-electron chi connectivity index (χ2n) is 8.19. The van der Waals surface area contributed by atoms with Crippen LogP contribution in [0.3, 0.4) is 0 Å². The smallest absolute Gasteiger partial charge is 0.305 e. The van der Waals surface area contributed by atoms with E-state index in [1.165, 1.54) is 4.90 Å². The lowest BCUT2D eigenvalue weighted by Gasteiger charge is -2.28. The Morgan fingerprint density at radius 1 is 1.03 bits per heavy atom. The zero-order valence-electron chi connectivity index (χ0n) is 19.0. The normalized spacial score (nSPS) is 14.2. The van der Waals surface area contributed by atoms with Gasteiger partial charge >= 0.3 is 5.97 Å². The van der Waals surface area contributed by atoms with Gasteiger partial charge in [0.25, 0.3) is 5.91 Å². The molecule has 2 aromatic rings. The number of ketones is 1. The zero-order valence-corrected chi connectivity index (χ0v) is 19.8. The minimum Gasteiger partial charge on any atom is -0.481 e. The first kappa shape index (κ1) is 26.0. The highest BCUT2D eigenvalue weighted by Crippen LogP contribution is 2.18. The lowest BCUT2D eigenvalue weighted by Crippen LogP contribution is -2.51. The molecular weight excluding hydrogens is 474 g/mol. The summed E-state index contributed by atoms with van der Waals surface area (Å²) in [5, 5.41) is 11.5. The van der Waals surface area contributed by atoms with Crippen molar-refractivity contribution >= 4 is 33.6 Å². The Kier molecular flexibility index (Phi) is 8.72. The maximum absolute atomic E-state index is 12.6. The fraction of sp³-hybridized carbons (Fsp3) is 0.333. The summed E-state index contributed by atoms with van der Waals surface area (Å²) in [4.78, 5) is 50.3. The number of nitrogens with one attached hydrogen (secondary N) is 2. The molecule has 1 aliphatic heterocycles. The van der Waals surface area contributed by atoms with Gasteiger partial charge in [0, 0.05) is 12.1 Å². The summed E-state index contributed by atoms with van der Waals surface area (Å²) in [5.41, 5.74) is 2.19. The number of hydrogen-bond donors (Lipinski definition) is 3. The molecule has 2 aromatic carbocycles. The number of benzene rings is 2. The summed E-state index contributed by atoms with van der Waals surface area (Å²) in [6, 6.07) is 14.6. The summed E-state index contributed by atoms with van der Waals surface area (Å²) in [7, 11) is -3.81. The van der Waals surface area contributed by atoms with Gasteiger partial charge in [-0.1, -0.05) is 48.5 Å². The summed E-state index contributed by atoms with van der Waals surface area (Å²) in [5.74, 6) is -3.41. The summed E-state index contributed by atoms with van der Waals surface area (Å²) in [6.07, 6.45) is 0.0944. The van der Waals surface area contributed by atoms with E-state index >= 15 is 0 Å². The van der Waals surface area contributed by atoms with E-state index in [1.807, 2.05) is 18.2 Å². The lowest BCUT2D eigenvalue weighted by atomic mass is 9.99. The Morgan fingerprint density at radius 2 is 1.71 bits per heavy atom. The number of hydrogen-bond acceptors (Lipinski definition) is 6. The highest BCUT2D eigenvalue weighted by molar-refractivity contribution is 7.89. The van der Waals surface area contributed by atoms with Crippen LogP contribution < -0.4 is 10.0 Å². The van der Waals surface area contributed by atoms with Crippen LogP contribution in [-0.2, 0) is 37.2 Å². The Hall–Kier alpha value is -3.57. The first-order valence-electron chi connectivity index (χ1n) is 11.1. The maximum Gasteiger partial charge on any atom is 0.305 e. The van der Waals surface area contributed by atoms with Crippen LogP contribution in [-0.4, -0.2) is 73.4 Å². The number of sulfonamides is 1. The molecule has 1 unspecified atom stereocenters. The Morgan fingerprint density at radius 3 is 2.43 bits per heavy atom. The Bertz CT molecular complexity index is 1200. The van der Waals surface area contributed by atoms with Crippen LogP contribution in [0, 0.1) is 0 Å². The third-order valence-corrected chi connectivity index (χ3v) is 6.92. The van der Waals surface area contributed by atoms with Crippen molar-refractivity contribution in [2.24, 2.45) is 0 Å². The predicted molar refractivity (Wildman–Crippen MR) is 127 cm³/mol. The van der Waals surface area contributed by atoms with Crippen LogP contribution in [0.1, 0.15) is 27.9 Å². The molecule has 1 atom stereocenters. The van der Waals surface area contributed by atoms with Crippen LogP contribution in [0.5, 0.6) is 0 Å². The van der Waals surface area contributed by atoms with E-state index in [0.29, 0.717) is 18.5 Å². The number of carboxylic acid groups (broad SMARTS) is 1. The van der Waals surface area contributed by atoms with Gasteiger partial charge in [0.2, 0.25) is 15.9 Å². The molecule has 10 nitrogen and oxygen atoms in total. The second kappa shape index (κ2) is 11.7. The van der Waals surface area contributed by atoms with E-state index in [0.717, 1.165) is 11.1 Å². The third-order valence-electron chi connectivity index (χ3n) is 5.59. The minimum absolute atomic E-state index is 0.243. The van der Waals surface area contributed by atoms with Crippen LogP contribution in [0.2, 0.25) is 0 Å². The van der Waals surface area contributed by atoms with Gasteiger partial charge in [-0.2, -0.15) is 0 Å². The van der Waals surface area contributed by atoms with Gasteiger partial charge < -0.3 is 15.3 Å². The van der Waals surface area contributed by atoms with Crippen molar-refractivity contribution in [1.82, 2.24) is 14.9 Å². The first-order chi connectivity index (χ1) is 16.6. The molecule has 0 fully saturated rings. The first-order valence-corrected chi connectivity index (χ1v) is 12.7. The molecule has 0 saturated heterocycles. The van der Waals surface area contributed by atoms with Gasteiger partial charge in [0.15, 0.2) is 5.78 Å². The van der Waals surface area contributed by atoms with Crippen LogP contribution in [0.15, 0.2) is 54.6 Å². The number of carboxylic acids is 1. The van der Waals surface area contributed by atoms with Crippen molar-refractivity contribution in [3.63, 3.8) is 0 Å². The third kappa shape index (κ3) is 7.72. The Balaban J connectivity index is 1.55. The molecule has 3 rings (SSSR count). The average molecular weight is 502 g/mol. The molecule has 0 bridgehead atoms. The van der Waals surface area contributed by atoms with Crippen molar-refractivity contribution in [2.75, 3.05) is 25.4 Å². The SMILES string of the molecule is O=C(O)CC(NC(=O)CN1CCc2ccccc2C1=O)C(=O)CNS(=O)(=O)CCc1ccccc1. The number of fused-ring (bicyclic) bond motifs is 1. The van der Waals surface area contributed by atoms with Gasteiger partial charge in [0.1, 0.15) is 0 Å². The van der Waals surface area contributed by atoms with Gasteiger partial charge in [-0.3, -0.25) is 19.2 Å². The molecule has 0 radical (unpaired) electrons. The fourth-order valence-corrected chi connectivity index (χ4v) is 4.74. The molecule has 0 saturated carbocycles. The molecule has 3 N–H and O–H groups in total. The van der Waals surface area contributed by atoms with E-state index in [9.17, 15) is 27.6 Å². The summed E-state index contributed by atoms with van der Waals surface area (Å²) >= 11 is 0. The minimum atomic E-state index is -3.81. The average Bonchev–Trinajstić information content (AvgIpc) is 2.83. The zero-order chi connectivity index (χ0) is 25.4. The highest BCUT2D eigenvalue weighted by Gasteiger charge is 2.29. The molecule has 0 aliphatic carbocycles. The van der Waals surface area contributed by atoms with Crippen molar-refractivity contribution in [2.45, 2.75) is 25.3 Å². The van der Waals surface area contributed by atoms with Gasteiger partial charge in [-0.25, -0.2) is 13.1 Å². The van der Waals surface area contributed by atoms with Crippen molar-refractivity contribution in [1.29, 1.82) is 0 Å². The lowest BCUT2D eigenvalue weighted by molar-refractivity contribution is -0.140. The van der Waals surface area contributed by atoms with Crippen molar-refractivity contribution in [3.8, 4) is 0 Å². The number of carbonyl (C=O) groups excluding carboxylic acids is 3. The Labute approximate surface area is 203 Å². The monoisotopic (exact) mass is 501 g/mol. The number of aryl methyl sites for hydroxylation is 1. The highest BCUT2D eigenvalue weighted by atomic mass is 32.2. The number of nitrogens with zero attached hydrogens (tertiary/aromatic N) is 1.